The molecule has 0 spiro atoms. The van der Waals surface area contributed by atoms with E-state index in [0.29, 0.717) is 18.2 Å². The van der Waals surface area contributed by atoms with Crippen molar-refractivity contribution in [2.45, 2.75) is 20.8 Å². The number of carbonyl (C=O) groups excluding carboxylic acids is 1. The Kier molecular flexibility index (Phi) is 7.83. The Labute approximate surface area is 140 Å². The minimum Gasteiger partial charge on any atom is -0.491 e. The van der Waals surface area contributed by atoms with Gasteiger partial charge in [-0.2, -0.15) is 0 Å². The molecule has 0 aliphatic heterocycles. The summed E-state index contributed by atoms with van der Waals surface area (Å²) in [6.07, 6.45) is 3.24. The van der Waals surface area contributed by atoms with Gasteiger partial charge in [-0.15, -0.1) is 11.6 Å². The minimum absolute atomic E-state index is 0.0660. The zero-order valence-electron chi connectivity index (χ0n) is 13.4. The molecule has 0 atom stereocenters. The molecule has 0 saturated heterocycles. The molecule has 2 heterocycles. The average Bonchev–Trinajstić information content (AvgIpc) is 2.55. The Balaban J connectivity index is 0.000000231. The molecule has 0 radical (unpaired) electrons. The third-order valence-corrected chi connectivity index (χ3v) is 2.77. The molecule has 0 unspecified atom stereocenters. The van der Waals surface area contributed by atoms with E-state index >= 15 is 0 Å². The molecular formula is C16H19ClN4O2. The van der Waals surface area contributed by atoms with Crippen LogP contribution in [0.15, 0.2) is 31.1 Å². The van der Waals surface area contributed by atoms with E-state index in [1.54, 1.807) is 25.4 Å². The van der Waals surface area contributed by atoms with Crippen molar-refractivity contribution in [2.24, 2.45) is 0 Å². The van der Waals surface area contributed by atoms with Gasteiger partial charge in [0.2, 0.25) is 5.78 Å². The lowest BCUT2D eigenvalue weighted by Crippen LogP contribution is -2.06. The number of hydrogen-bond donors (Lipinski definition) is 0. The highest BCUT2D eigenvalue weighted by atomic mass is 35.5. The Morgan fingerprint density at radius 2 is 1.65 bits per heavy atom. The Bertz CT molecular complexity index is 677. The van der Waals surface area contributed by atoms with E-state index in [9.17, 15) is 4.79 Å². The number of alkyl halides is 1. The largest absolute Gasteiger partial charge is 0.491 e. The first kappa shape index (κ1) is 18.7. The summed E-state index contributed by atoms with van der Waals surface area (Å²) in [7, 11) is 0. The SMILES string of the molecule is C=C(OCC)c1nccc(C)n1.Cc1ccnc(C(=O)CCl)n1. The molecule has 2 rings (SSSR count). The molecular weight excluding hydrogens is 316 g/mol. The lowest BCUT2D eigenvalue weighted by molar-refractivity contribution is 0.101. The van der Waals surface area contributed by atoms with Crippen molar-refractivity contribution >= 4 is 23.1 Å². The van der Waals surface area contributed by atoms with Gasteiger partial charge in [0, 0.05) is 23.8 Å². The van der Waals surface area contributed by atoms with Crippen molar-refractivity contribution in [2.75, 3.05) is 12.5 Å². The second-order valence-electron chi connectivity index (χ2n) is 4.46. The first-order valence-electron chi connectivity index (χ1n) is 6.98. The van der Waals surface area contributed by atoms with Crippen LogP contribution in [0.4, 0.5) is 0 Å². The zero-order chi connectivity index (χ0) is 17.2. The standard InChI is InChI=1S/C9H12N2O.C7H7ClN2O/c1-4-12-8(3)9-10-6-5-7(2)11-9;1-5-2-3-9-7(10-5)6(11)4-8/h5-6H,3-4H2,1-2H3;2-3H,4H2,1H3. The molecule has 122 valence electrons. The average molecular weight is 335 g/mol. The van der Waals surface area contributed by atoms with Crippen LogP contribution in [-0.4, -0.2) is 38.2 Å². The predicted octanol–water partition coefficient (Wildman–Crippen LogP) is 3.00. The third-order valence-electron chi connectivity index (χ3n) is 2.53. The number of Topliss-reactive ketones (excluding diaryl/α,β-unsaturated/α-hetero) is 1. The molecule has 0 aliphatic carbocycles. The minimum atomic E-state index is -0.240. The Morgan fingerprint density at radius 3 is 2.13 bits per heavy atom. The second-order valence-corrected chi connectivity index (χ2v) is 4.72. The fourth-order valence-electron chi connectivity index (χ4n) is 1.47. The molecule has 7 heteroatoms. The quantitative estimate of drug-likeness (QED) is 0.475. The fraction of sp³-hybridized carbons (Fsp3) is 0.312. The molecule has 2 aromatic heterocycles. The summed E-state index contributed by atoms with van der Waals surface area (Å²) >= 11 is 5.31. The molecule has 2 aromatic rings. The summed E-state index contributed by atoms with van der Waals surface area (Å²) in [5, 5.41) is 0. The number of carbonyl (C=O) groups is 1. The van der Waals surface area contributed by atoms with Gasteiger partial charge in [-0.05, 0) is 32.9 Å². The Hall–Kier alpha value is -2.34. The summed E-state index contributed by atoms with van der Waals surface area (Å²) in [6, 6.07) is 3.56. The number of rotatable bonds is 5. The van der Waals surface area contributed by atoms with Gasteiger partial charge in [0.05, 0.1) is 12.5 Å². The van der Waals surface area contributed by atoms with Crippen LogP contribution in [0.2, 0.25) is 0 Å². The van der Waals surface area contributed by atoms with Crippen LogP contribution >= 0.6 is 11.6 Å². The lowest BCUT2D eigenvalue weighted by Gasteiger charge is -2.04. The summed E-state index contributed by atoms with van der Waals surface area (Å²) in [6.45, 7) is 9.91. The highest BCUT2D eigenvalue weighted by molar-refractivity contribution is 6.29. The van der Waals surface area contributed by atoms with E-state index in [1.165, 1.54) is 0 Å². The van der Waals surface area contributed by atoms with E-state index < -0.39 is 0 Å². The Morgan fingerprint density at radius 1 is 1.13 bits per heavy atom. The van der Waals surface area contributed by atoms with E-state index in [-0.39, 0.29) is 17.5 Å². The first-order chi connectivity index (χ1) is 11.0. The molecule has 0 aliphatic rings. The van der Waals surface area contributed by atoms with Crippen LogP contribution in [0.25, 0.3) is 5.76 Å². The normalized spacial score (nSPS) is 9.57. The van der Waals surface area contributed by atoms with Gasteiger partial charge in [0.15, 0.2) is 17.4 Å². The second kappa shape index (κ2) is 9.63. The summed E-state index contributed by atoms with van der Waals surface area (Å²) in [4.78, 5) is 26.8. The monoisotopic (exact) mass is 334 g/mol. The smallest absolute Gasteiger partial charge is 0.214 e. The maximum atomic E-state index is 10.9. The van der Waals surface area contributed by atoms with Gasteiger partial charge in [-0.1, -0.05) is 6.58 Å². The number of aryl methyl sites for hydroxylation is 2. The number of ether oxygens (including phenoxy) is 1. The molecule has 0 saturated carbocycles. The highest BCUT2D eigenvalue weighted by Crippen LogP contribution is 2.07. The van der Waals surface area contributed by atoms with Gasteiger partial charge >= 0.3 is 0 Å². The third kappa shape index (κ3) is 6.52. The number of ketones is 1. The molecule has 23 heavy (non-hydrogen) atoms. The number of hydrogen-bond acceptors (Lipinski definition) is 6. The number of nitrogens with zero attached hydrogens (tertiary/aromatic N) is 4. The molecule has 6 nitrogen and oxygen atoms in total. The van der Waals surface area contributed by atoms with Crippen molar-refractivity contribution in [1.29, 1.82) is 0 Å². The number of halogens is 1. The fourth-order valence-corrected chi connectivity index (χ4v) is 1.58. The van der Waals surface area contributed by atoms with Crippen LogP contribution in [0.3, 0.4) is 0 Å². The van der Waals surface area contributed by atoms with Crippen molar-refractivity contribution in [3.05, 3.63) is 54.1 Å². The van der Waals surface area contributed by atoms with E-state index in [2.05, 4.69) is 26.5 Å². The van der Waals surface area contributed by atoms with Gasteiger partial charge in [-0.3, -0.25) is 4.79 Å². The molecule has 0 fully saturated rings. The lowest BCUT2D eigenvalue weighted by atomic mass is 10.4. The maximum absolute atomic E-state index is 10.9. The zero-order valence-corrected chi connectivity index (χ0v) is 14.2. The highest BCUT2D eigenvalue weighted by Gasteiger charge is 2.06. The van der Waals surface area contributed by atoms with Crippen molar-refractivity contribution in [3.63, 3.8) is 0 Å². The topological polar surface area (TPSA) is 77.9 Å². The summed E-state index contributed by atoms with van der Waals surface area (Å²) in [5.41, 5.74) is 1.69. The molecule has 0 aromatic carbocycles. The van der Waals surface area contributed by atoms with Gasteiger partial charge in [0.25, 0.3) is 0 Å². The molecule has 0 N–H and O–H groups in total. The van der Waals surface area contributed by atoms with Gasteiger partial charge in [-0.25, -0.2) is 19.9 Å². The van der Waals surface area contributed by atoms with Crippen molar-refractivity contribution < 1.29 is 9.53 Å². The van der Waals surface area contributed by atoms with Crippen LogP contribution in [-0.2, 0) is 4.74 Å². The van der Waals surface area contributed by atoms with E-state index in [0.717, 1.165) is 11.4 Å². The van der Waals surface area contributed by atoms with Gasteiger partial charge < -0.3 is 4.74 Å². The van der Waals surface area contributed by atoms with E-state index in [4.69, 9.17) is 16.3 Å². The van der Waals surface area contributed by atoms with Crippen LogP contribution in [0, 0.1) is 13.8 Å². The summed E-state index contributed by atoms with van der Waals surface area (Å²) in [5.74, 6) is 0.983. The van der Waals surface area contributed by atoms with Gasteiger partial charge in [0.1, 0.15) is 0 Å². The molecule has 0 amide bonds. The van der Waals surface area contributed by atoms with E-state index in [1.807, 2.05) is 19.9 Å². The van der Waals surface area contributed by atoms with Crippen molar-refractivity contribution in [3.8, 4) is 0 Å². The maximum Gasteiger partial charge on any atom is 0.214 e. The number of aromatic nitrogens is 4. The van der Waals surface area contributed by atoms with Crippen molar-refractivity contribution in [1.82, 2.24) is 19.9 Å². The van der Waals surface area contributed by atoms with Crippen LogP contribution < -0.4 is 0 Å². The predicted molar refractivity (Wildman–Crippen MR) is 89.2 cm³/mol. The molecule has 0 bridgehead atoms. The summed E-state index contributed by atoms with van der Waals surface area (Å²) < 4.78 is 5.16. The van der Waals surface area contributed by atoms with Crippen LogP contribution in [0.5, 0.6) is 0 Å². The first-order valence-corrected chi connectivity index (χ1v) is 7.51. The van der Waals surface area contributed by atoms with Crippen LogP contribution in [0.1, 0.15) is 34.8 Å².